The van der Waals surface area contributed by atoms with Gasteiger partial charge in [0.25, 0.3) is 0 Å². The van der Waals surface area contributed by atoms with Gasteiger partial charge in [0.05, 0.1) is 31.7 Å². The van der Waals surface area contributed by atoms with Gasteiger partial charge in [-0.15, -0.1) is 0 Å². The molecule has 0 aromatic heterocycles. The Labute approximate surface area is 230 Å². The van der Waals surface area contributed by atoms with Crippen LogP contribution < -0.4 is 11.5 Å². The van der Waals surface area contributed by atoms with E-state index in [1.165, 1.54) is 0 Å². The van der Waals surface area contributed by atoms with Crippen molar-refractivity contribution in [2.45, 2.75) is 11.5 Å². The predicted octanol–water partition coefficient (Wildman–Crippen LogP) is 3.96. The van der Waals surface area contributed by atoms with Crippen LogP contribution in [0.15, 0.2) is 97.1 Å². The zero-order chi connectivity index (χ0) is 26.3. The predicted molar refractivity (Wildman–Crippen MR) is 139 cm³/mol. The number of nitrogen functional groups attached to an aromatic ring is 2. The molecule has 0 amide bonds. The molecule has 4 rings (SSSR count). The van der Waals surface area contributed by atoms with Crippen molar-refractivity contribution in [2.75, 3.05) is 11.5 Å². The van der Waals surface area contributed by atoms with E-state index < -0.39 is 31.7 Å². The van der Waals surface area contributed by atoms with Crippen molar-refractivity contribution in [3.8, 4) is 22.3 Å². The zero-order valence-electron chi connectivity index (χ0n) is 19.4. The van der Waals surface area contributed by atoms with E-state index >= 15 is 0 Å². The van der Waals surface area contributed by atoms with Crippen LogP contribution in [0.5, 0.6) is 0 Å². The summed E-state index contributed by atoms with van der Waals surface area (Å²) in [6.45, 7) is 0. The molecular formula is C26H24N2O6PdS2. The maximum atomic E-state index is 10.9. The Hall–Kier alpha value is -3.04. The first-order chi connectivity index (χ1) is 16.9. The SMILES string of the molecule is Nc1ccccc1-c1ccccc1CS(=O)(=O)[O-].Nc1ccccc1-c1ccccc1CS(=O)(=O)[O-].[Pd+2]. The summed E-state index contributed by atoms with van der Waals surface area (Å²) >= 11 is 0. The quantitative estimate of drug-likeness (QED) is 0.183. The number of rotatable bonds is 6. The van der Waals surface area contributed by atoms with Crippen LogP contribution in [-0.2, 0) is 52.2 Å². The molecule has 0 heterocycles. The Kier molecular flexibility index (Phi) is 10.6. The van der Waals surface area contributed by atoms with Crippen LogP contribution in [0.3, 0.4) is 0 Å². The molecule has 4 aromatic carbocycles. The number of hydrogen-bond donors (Lipinski definition) is 2. The Morgan fingerprint density at radius 2 is 0.757 bits per heavy atom. The van der Waals surface area contributed by atoms with Gasteiger partial charge < -0.3 is 20.6 Å². The molecule has 37 heavy (non-hydrogen) atoms. The summed E-state index contributed by atoms with van der Waals surface area (Å²) in [6, 6.07) is 28.0. The molecular weight excluding hydrogens is 607 g/mol. The minimum absolute atomic E-state index is 0. The fourth-order valence-corrected chi connectivity index (χ4v) is 4.95. The molecule has 11 heteroatoms. The fraction of sp³-hybridized carbons (Fsp3) is 0.0769. The molecule has 0 aliphatic rings. The molecule has 0 saturated carbocycles. The molecule has 0 aliphatic carbocycles. The second-order valence-corrected chi connectivity index (χ2v) is 10.7. The number of benzene rings is 4. The summed E-state index contributed by atoms with van der Waals surface area (Å²) in [4.78, 5) is 0. The van der Waals surface area contributed by atoms with E-state index in [1.807, 2.05) is 12.1 Å². The topological polar surface area (TPSA) is 166 Å². The van der Waals surface area contributed by atoms with E-state index in [1.54, 1.807) is 84.9 Å². The Morgan fingerprint density at radius 1 is 0.486 bits per heavy atom. The third-order valence-electron chi connectivity index (χ3n) is 5.20. The Bertz CT molecular complexity index is 1460. The molecule has 0 atom stereocenters. The first-order valence-electron chi connectivity index (χ1n) is 10.7. The zero-order valence-corrected chi connectivity index (χ0v) is 22.6. The molecule has 8 nitrogen and oxygen atoms in total. The van der Waals surface area contributed by atoms with Gasteiger partial charge in [-0.05, 0) is 34.4 Å². The maximum Gasteiger partial charge on any atom is 2.00 e. The number of nitrogens with two attached hydrogens (primary N) is 2. The van der Waals surface area contributed by atoms with E-state index in [2.05, 4.69) is 0 Å². The smallest absolute Gasteiger partial charge is 0.748 e. The second kappa shape index (κ2) is 13.0. The summed E-state index contributed by atoms with van der Waals surface area (Å²) < 4.78 is 65.3. The van der Waals surface area contributed by atoms with Gasteiger partial charge in [0.2, 0.25) is 0 Å². The van der Waals surface area contributed by atoms with Crippen LogP contribution in [0.25, 0.3) is 22.3 Å². The third kappa shape index (κ3) is 9.09. The second-order valence-electron chi connectivity index (χ2n) is 7.89. The molecule has 0 saturated heterocycles. The molecule has 0 aliphatic heterocycles. The minimum Gasteiger partial charge on any atom is -0.748 e. The van der Waals surface area contributed by atoms with Gasteiger partial charge in [0, 0.05) is 22.5 Å². The van der Waals surface area contributed by atoms with Gasteiger partial charge in [0.15, 0.2) is 0 Å². The first-order valence-corrected chi connectivity index (χ1v) is 13.8. The fourth-order valence-electron chi connectivity index (χ4n) is 3.68. The van der Waals surface area contributed by atoms with Gasteiger partial charge >= 0.3 is 20.4 Å². The van der Waals surface area contributed by atoms with E-state index in [0.29, 0.717) is 33.6 Å². The summed E-state index contributed by atoms with van der Waals surface area (Å²) in [7, 11) is -8.62. The summed E-state index contributed by atoms with van der Waals surface area (Å²) in [6.07, 6.45) is 0. The van der Waals surface area contributed by atoms with Gasteiger partial charge in [-0.1, -0.05) is 84.9 Å². The largest absolute Gasteiger partial charge is 2.00 e. The standard InChI is InChI=1S/2C13H13NO3S.Pd/c2*14-13-8-4-3-7-12(13)11-6-2-1-5-10(11)9-18(15,16)17;/h2*1-8H,9,14H2,(H,15,16,17);/q;;+2/p-2. The van der Waals surface area contributed by atoms with Crippen LogP contribution >= 0.6 is 0 Å². The van der Waals surface area contributed by atoms with Crippen LogP contribution in [0, 0.1) is 0 Å². The monoisotopic (exact) mass is 630 g/mol. The average molecular weight is 631 g/mol. The van der Waals surface area contributed by atoms with E-state index in [-0.39, 0.29) is 20.4 Å². The van der Waals surface area contributed by atoms with Gasteiger partial charge in [-0.25, -0.2) is 16.8 Å². The van der Waals surface area contributed by atoms with Crippen LogP contribution in [0.2, 0.25) is 0 Å². The molecule has 4 N–H and O–H groups in total. The molecule has 0 fully saturated rings. The molecule has 0 radical (unpaired) electrons. The normalized spacial score (nSPS) is 11.1. The third-order valence-corrected chi connectivity index (χ3v) is 6.53. The van der Waals surface area contributed by atoms with E-state index in [9.17, 15) is 25.9 Å². The molecule has 0 bridgehead atoms. The molecule has 0 spiro atoms. The van der Waals surface area contributed by atoms with Crippen molar-refractivity contribution in [1.29, 1.82) is 0 Å². The van der Waals surface area contributed by atoms with Crippen LogP contribution in [0.1, 0.15) is 11.1 Å². The van der Waals surface area contributed by atoms with Gasteiger partial charge in [-0.2, -0.15) is 0 Å². The van der Waals surface area contributed by atoms with E-state index in [4.69, 9.17) is 11.5 Å². The van der Waals surface area contributed by atoms with Crippen molar-refractivity contribution in [3.05, 3.63) is 108 Å². The number of para-hydroxylation sites is 2. The number of anilines is 2. The summed E-state index contributed by atoms with van der Waals surface area (Å²) in [5, 5.41) is 0. The average Bonchev–Trinajstić information content (AvgIpc) is 2.79. The number of hydrogen-bond acceptors (Lipinski definition) is 8. The van der Waals surface area contributed by atoms with Crippen molar-refractivity contribution in [1.82, 2.24) is 0 Å². The minimum atomic E-state index is -4.31. The van der Waals surface area contributed by atoms with E-state index in [0.717, 1.165) is 11.1 Å². The van der Waals surface area contributed by atoms with Crippen LogP contribution in [-0.4, -0.2) is 25.9 Å². The van der Waals surface area contributed by atoms with Gasteiger partial charge in [0.1, 0.15) is 0 Å². The molecule has 196 valence electrons. The van der Waals surface area contributed by atoms with Crippen molar-refractivity contribution in [3.63, 3.8) is 0 Å². The summed E-state index contributed by atoms with van der Waals surface area (Å²) in [5.74, 6) is -1.06. The molecule has 0 unspecified atom stereocenters. The van der Waals surface area contributed by atoms with Crippen molar-refractivity contribution < 1.29 is 46.4 Å². The van der Waals surface area contributed by atoms with Crippen molar-refractivity contribution in [2.24, 2.45) is 0 Å². The van der Waals surface area contributed by atoms with Crippen LogP contribution in [0.4, 0.5) is 11.4 Å². The molecule has 4 aromatic rings. The maximum absolute atomic E-state index is 10.9. The van der Waals surface area contributed by atoms with Crippen molar-refractivity contribution >= 4 is 31.6 Å². The summed E-state index contributed by atoms with van der Waals surface area (Å²) in [5.41, 5.74) is 16.6. The van der Waals surface area contributed by atoms with Gasteiger partial charge in [-0.3, -0.25) is 0 Å². The Balaban J connectivity index is 0.000000253. The first kappa shape index (κ1) is 30.2. The Morgan fingerprint density at radius 3 is 1.05 bits per heavy atom.